The van der Waals surface area contributed by atoms with Crippen LogP contribution in [-0.2, 0) is 0 Å². The number of nitrogens with zero attached hydrogens (tertiary/aromatic N) is 8. The van der Waals surface area contributed by atoms with Crippen LogP contribution < -0.4 is 4.74 Å². The molecule has 1 aliphatic heterocycles. The smallest absolute Gasteiger partial charge is 0.320 e. The predicted octanol–water partition coefficient (Wildman–Crippen LogP) is 3.62. The molecule has 1 saturated heterocycles. The van der Waals surface area contributed by atoms with Gasteiger partial charge in [-0.05, 0) is 44.5 Å². The maximum absolute atomic E-state index is 13.7. The highest BCUT2D eigenvalue weighted by Crippen LogP contribution is 2.37. The van der Waals surface area contributed by atoms with Crippen molar-refractivity contribution in [2.24, 2.45) is 0 Å². The van der Waals surface area contributed by atoms with E-state index in [0.29, 0.717) is 41.1 Å². The molecule has 10 nitrogen and oxygen atoms in total. The predicted molar refractivity (Wildman–Crippen MR) is 125 cm³/mol. The highest BCUT2D eigenvalue weighted by atomic mass is 19.3. The second-order valence-corrected chi connectivity index (χ2v) is 8.72. The van der Waals surface area contributed by atoms with Gasteiger partial charge in [-0.15, -0.1) is 5.10 Å². The molecule has 0 bridgehead atoms. The summed E-state index contributed by atoms with van der Waals surface area (Å²) in [6.07, 6.45) is 4.02. The number of aliphatic hydroxyl groups is 1. The molecule has 4 aromatic rings. The fourth-order valence-corrected chi connectivity index (χ4v) is 4.59. The molecule has 4 heterocycles. The summed E-state index contributed by atoms with van der Waals surface area (Å²) in [5, 5.41) is 28.3. The van der Waals surface area contributed by atoms with Crippen LogP contribution in [0, 0.1) is 18.4 Å². The number of β-amino-alcohol motifs (C(OH)–C–C–N with tert-alkyl or cyclic N) is 1. The molecule has 0 amide bonds. The van der Waals surface area contributed by atoms with Crippen LogP contribution in [0.5, 0.6) is 5.75 Å². The van der Waals surface area contributed by atoms with Crippen LogP contribution >= 0.6 is 0 Å². The Labute approximate surface area is 205 Å². The molecular formula is C24H24F2N8O2. The molecular weight excluding hydrogens is 470 g/mol. The van der Waals surface area contributed by atoms with E-state index in [0.717, 1.165) is 10.9 Å². The lowest BCUT2D eigenvalue weighted by Gasteiger charge is -2.33. The lowest BCUT2D eigenvalue weighted by atomic mass is 10.0. The van der Waals surface area contributed by atoms with Crippen molar-refractivity contribution in [3.05, 3.63) is 54.2 Å². The SMILES string of the molecule is Cc1c(-c2cc(O[C@H](C)c3ccccn3)c3c(c2)ncn3C(F)F)nnn1[C@H]1CCN(C#N)C[C@H]1O. The van der Waals surface area contributed by atoms with Crippen molar-refractivity contribution in [2.45, 2.75) is 45.1 Å². The number of piperidine rings is 1. The van der Waals surface area contributed by atoms with Gasteiger partial charge in [-0.1, -0.05) is 11.3 Å². The van der Waals surface area contributed by atoms with E-state index in [4.69, 9.17) is 10.00 Å². The molecule has 0 saturated carbocycles. The second-order valence-electron chi connectivity index (χ2n) is 8.72. The number of likely N-dealkylation sites (tertiary alicyclic amines) is 1. The minimum atomic E-state index is -2.79. The van der Waals surface area contributed by atoms with E-state index >= 15 is 0 Å². The van der Waals surface area contributed by atoms with Gasteiger partial charge in [-0.25, -0.2) is 9.67 Å². The standard InChI is InChI=1S/C24H24F2N8O2/c1-14-22(30-31-34(14)19-6-8-32(12-27)11-20(19)35)16-9-18-23(33(13-29-18)24(25)26)21(10-16)36-15(2)17-5-3-4-7-28-17/h3-5,7,9-10,13,15,19-20,24,35H,6,8,11H2,1-2H3/t15-,19+,20-/m1/s1. The number of hydrogen-bond acceptors (Lipinski definition) is 8. The van der Waals surface area contributed by atoms with Crippen LogP contribution in [0.1, 0.15) is 43.4 Å². The minimum absolute atomic E-state index is 0.167. The van der Waals surface area contributed by atoms with E-state index in [1.54, 1.807) is 42.1 Å². The van der Waals surface area contributed by atoms with E-state index in [1.165, 1.54) is 4.90 Å². The van der Waals surface area contributed by atoms with Crippen molar-refractivity contribution < 1.29 is 18.6 Å². The van der Waals surface area contributed by atoms with Gasteiger partial charge in [0.1, 0.15) is 29.4 Å². The zero-order valence-electron chi connectivity index (χ0n) is 19.7. The largest absolute Gasteiger partial charge is 0.482 e. The van der Waals surface area contributed by atoms with Crippen molar-refractivity contribution in [1.29, 1.82) is 5.26 Å². The fraction of sp³-hybridized carbons (Fsp3) is 0.375. The van der Waals surface area contributed by atoms with Gasteiger partial charge in [-0.3, -0.25) is 9.55 Å². The van der Waals surface area contributed by atoms with Gasteiger partial charge >= 0.3 is 6.55 Å². The van der Waals surface area contributed by atoms with Crippen LogP contribution in [0.15, 0.2) is 42.9 Å². The first kappa shape index (κ1) is 23.6. The summed E-state index contributed by atoms with van der Waals surface area (Å²) in [5.41, 5.74) is 2.96. The van der Waals surface area contributed by atoms with Crippen LogP contribution in [0.4, 0.5) is 8.78 Å². The number of aliphatic hydroxyl groups excluding tert-OH is 1. The molecule has 0 radical (unpaired) electrons. The lowest BCUT2D eigenvalue weighted by molar-refractivity contribution is 0.0419. The van der Waals surface area contributed by atoms with Gasteiger partial charge in [0.15, 0.2) is 6.19 Å². The summed E-state index contributed by atoms with van der Waals surface area (Å²) >= 11 is 0. The number of halogens is 2. The lowest BCUT2D eigenvalue weighted by Crippen LogP contribution is -2.43. The second kappa shape index (κ2) is 9.50. The summed E-state index contributed by atoms with van der Waals surface area (Å²) in [6.45, 7) is 1.55. The number of aromatic nitrogens is 6. The molecule has 0 unspecified atom stereocenters. The van der Waals surface area contributed by atoms with Crippen LogP contribution in [0.2, 0.25) is 0 Å². The number of benzene rings is 1. The Hall–Kier alpha value is -4.11. The first-order valence-electron chi connectivity index (χ1n) is 11.5. The highest BCUT2D eigenvalue weighted by molar-refractivity contribution is 5.87. The third-order valence-corrected chi connectivity index (χ3v) is 6.46. The summed E-state index contributed by atoms with van der Waals surface area (Å²) in [5.74, 6) is 0.217. The first-order chi connectivity index (χ1) is 17.4. The van der Waals surface area contributed by atoms with Crippen molar-refractivity contribution >= 4 is 11.0 Å². The molecule has 36 heavy (non-hydrogen) atoms. The van der Waals surface area contributed by atoms with Gasteiger partial charge in [-0.2, -0.15) is 14.0 Å². The monoisotopic (exact) mass is 494 g/mol. The van der Waals surface area contributed by atoms with Gasteiger partial charge in [0.2, 0.25) is 0 Å². The number of hydrogen-bond donors (Lipinski definition) is 1. The molecule has 0 aliphatic carbocycles. The van der Waals surface area contributed by atoms with Crippen molar-refractivity contribution in [3.63, 3.8) is 0 Å². The number of rotatable bonds is 6. The molecule has 0 spiro atoms. The quantitative estimate of drug-likeness (QED) is 0.404. The van der Waals surface area contributed by atoms with Crippen molar-refractivity contribution in [2.75, 3.05) is 13.1 Å². The Kier molecular flexibility index (Phi) is 6.24. The van der Waals surface area contributed by atoms with Gasteiger partial charge in [0.25, 0.3) is 0 Å². The molecule has 1 fully saturated rings. The van der Waals surface area contributed by atoms with Crippen LogP contribution in [0.3, 0.4) is 0 Å². The first-order valence-corrected chi connectivity index (χ1v) is 11.5. The maximum Gasteiger partial charge on any atom is 0.320 e. The summed E-state index contributed by atoms with van der Waals surface area (Å²) in [7, 11) is 0. The summed E-state index contributed by atoms with van der Waals surface area (Å²) < 4.78 is 36.0. The van der Waals surface area contributed by atoms with E-state index in [2.05, 4.69) is 26.5 Å². The fourth-order valence-electron chi connectivity index (χ4n) is 4.59. The van der Waals surface area contributed by atoms with E-state index in [-0.39, 0.29) is 23.9 Å². The zero-order chi connectivity index (χ0) is 25.4. The Morgan fingerprint density at radius 3 is 2.78 bits per heavy atom. The number of imidazole rings is 1. The van der Waals surface area contributed by atoms with E-state index < -0.39 is 18.8 Å². The Bertz CT molecular complexity index is 1420. The number of alkyl halides is 2. The minimum Gasteiger partial charge on any atom is -0.482 e. The van der Waals surface area contributed by atoms with Crippen LogP contribution in [0.25, 0.3) is 22.3 Å². The molecule has 5 rings (SSSR count). The molecule has 1 aliphatic rings. The summed E-state index contributed by atoms with van der Waals surface area (Å²) in [6, 6.07) is 8.40. The van der Waals surface area contributed by atoms with Gasteiger partial charge in [0, 0.05) is 18.3 Å². The highest BCUT2D eigenvalue weighted by Gasteiger charge is 2.31. The average molecular weight is 495 g/mol. The molecule has 12 heteroatoms. The summed E-state index contributed by atoms with van der Waals surface area (Å²) in [4.78, 5) is 9.99. The van der Waals surface area contributed by atoms with Crippen molar-refractivity contribution in [3.8, 4) is 23.2 Å². The molecule has 1 N–H and O–H groups in total. The van der Waals surface area contributed by atoms with E-state index in [1.807, 2.05) is 13.0 Å². The Morgan fingerprint density at radius 1 is 1.25 bits per heavy atom. The van der Waals surface area contributed by atoms with Crippen molar-refractivity contribution in [1.82, 2.24) is 34.4 Å². The number of ether oxygens (including phenoxy) is 1. The average Bonchev–Trinajstić information content (AvgIpc) is 3.48. The Morgan fingerprint density at radius 2 is 2.08 bits per heavy atom. The van der Waals surface area contributed by atoms with E-state index in [9.17, 15) is 13.9 Å². The number of fused-ring (bicyclic) bond motifs is 1. The molecule has 186 valence electrons. The number of nitriles is 1. The van der Waals surface area contributed by atoms with Gasteiger partial charge < -0.3 is 14.7 Å². The topological polar surface area (TPSA) is 118 Å². The zero-order valence-corrected chi connectivity index (χ0v) is 19.7. The van der Waals surface area contributed by atoms with Gasteiger partial charge in [0.05, 0.1) is 35.6 Å². The van der Waals surface area contributed by atoms with Crippen LogP contribution in [-0.4, -0.2) is 58.7 Å². The molecule has 3 atom stereocenters. The third-order valence-electron chi connectivity index (χ3n) is 6.46. The third kappa shape index (κ3) is 4.22. The Balaban J connectivity index is 1.55. The molecule has 3 aromatic heterocycles. The maximum atomic E-state index is 13.7. The number of pyridine rings is 1. The molecule has 1 aromatic carbocycles. The normalized spacial score (nSPS) is 19.0.